The average Bonchev–Trinajstić information content (AvgIpc) is 2.16. The van der Waals surface area contributed by atoms with Crippen molar-refractivity contribution >= 4 is 38.5 Å². The normalized spacial score (nSPS) is 10.3. The van der Waals surface area contributed by atoms with Gasteiger partial charge in [0.2, 0.25) is 0 Å². The monoisotopic (exact) mass is 372 g/mol. The van der Waals surface area contributed by atoms with Gasteiger partial charge in [-0.1, -0.05) is 15.9 Å². The van der Waals surface area contributed by atoms with Gasteiger partial charge in [0, 0.05) is 10.9 Å². The van der Waals surface area contributed by atoms with Crippen LogP contribution in [0.5, 0.6) is 0 Å². The molecule has 0 aliphatic heterocycles. The van der Waals surface area contributed by atoms with Gasteiger partial charge in [-0.15, -0.1) is 0 Å². The first-order valence-electron chi connectivity index (χ1n) is 3.53. The number of pyridine rings is 1. The quantitative estimate of drug-likeness (QED) is 0.453. The van der Waals surface area contributed by atoms with E-state index < -0.39 is 6.43 Å². The van der Waals surface area contributed by atoms with Gasteiger partial charge in [0.15, 0.2) is 0 Å². The summed E-state index contributed by atoms with van der Waals surface area (Å²) in [6.07, 6.45) is -2.64. The summed E-state index contributed by atoms with van der Waals surface area (Å²) in [6.45, 7) is 0. The molecule has 6 heteroatoms. The molecule has 1 aromatic heterocycles. The third-order valence-electron chi connectivity index (χ3n) is 1.57. The van der Waals surface area contributed by atoms with E-state index in [0.29, 0.717) is 14.6 Å². The van der Waals surface area contributed by atoms with Gasteiger partial charge in [0.05, 0.1) is 11.6 Å². The van der Waals surface area contributed by atoms with Gasteiger partial charge in [-0.25, -0.2) is 13.8 Å². The van der Waals surface area contributed by atoms with E-state index in [1.165, 1.54) is 0 Å². The number of alkyl halides is 3. The molecule has 0 N–H and O–H groups in total. The predicted octanol–water partition coefficient (Wildman–Crippen LogP) is 3.39. The number of hydrogen-bond acceptors (Lipinski definition) is 2. The van der Waals surface area contributed by atoms with Gasteiger partial charge < -0.3 is 0 Å². The van der Waals surface area contributed by atoms with Crippen molar-refractivity contribution in [3.8, 4) is 6.07 Å². The minimum atomic E-state index is -2.64. The Kier molecular flexibility index (Phi) is 4.19. The van der Waals surface area contributed by atoms with Crippen molar-refractivity contribution in [2.75, 3.05) is 0 Å². The standard InChI is InChI=1S/C8H4BrF2IN2/c9-2-5-4(3-13)1-6(7(10)11)14-8(5)12/h1,7H,2H2. The smallest absolute Gasteiger partial charge is 0.240 e. The molecule has 1 aromatic rings. The Labute approximate surface area is 102 Å². The maximum absolute atomic E-state index is 12.3. The molecule has 1 rings (SSSR count). The Hall–Kier alpha value is -0.290. The molecule has 0 radical (unpaired) electrons. The Morgan fingerprint density at radius 3 is 2.71 bits per heavy atom. The van der Waals surface area contributed by atoms with Crippen LogP contribution in [-0.4, -0.2) is 4.98 Å². The van der Waals surface area contributed by atoms with Crippen LogP contribution in [0.2, 0.25) is 0 Å². The van der Waals surface area contributed by atoms with Crippen molar-refractivity contribution in [1.29, 1.82) is 5.26 Å². The first-order valence-corrected chi connectivity index (χ1v) is 5.73. The fourth-order valence-electron chi connectivity index (χ4n) is 0.898. The van der Waals surface area contributed by atoms with Gasteiger partial charge in [-0.05, 0) is 28.7 Å². The van der Waals surface area contributed by atoms with Crippen molar-refractivity contribution in [2.24, 2.45) is 0 Å². The summed E-state index contributed by atoms with van der Waals surface area (Å²) in [4.78, 5) is 3.71. The first-order chi connectivity index (χ1) is 6.60. The van der Waals surface area contributed by atoms with E-state index in [-0.39, 0.29) is 11.3 Å². The second kappa shape index (κ2) is 4.98. The molecule has 0 aromatic carbocycles. The van der Waals surface area contributed by atoms with Gasteiger partial charge >= 0.3 is 0 Å². The van der Waals surface area contributed by atoms with Crippen molar-refractivity contribution in [2.45, 2.75) is 11.8 Å². The number of rotatable bonds is 2. The summed E-state index contributed by atoms with van der Waals surface area (Å²) in [5.41, 5.74) is 0.546. The van der Waals surface area contributed by atoms with Gasteiger partial charge in [-0.3, -0.25) is 0 Å². The van der Waals surface area contributed by atoms with Crippen LogP contribution in [0.1, 0.15) is 23.2 Å². The fraction of sp³-hybridized carbons (Fsp3) is 0.250. The molecule has 0 bridgehead atoms. The second-order valence-corrected chi connectivity index (χ2v) is 3.99. The summed E-state index contributed by atoms with van der Waals surface area (Å²) in [6, 6.07) is 3.00. The molecule has 74 valence electrons. The molecule has 0 atom stereocenters. The lowest BCUT2D eigenvalue weighted by Crippen LogP contribution is -2.00. The van der Waals surface area contributed by atoms with Crippen LogP contribution in [0.25, 0.3) is 0 Å². The van der Waals surface area contributed by atoms with Crippen LogP contribution >= 0.6 is 38.5 Å². The number of hydrogen-bond donors (Lipinski definition) is 0. The van der Waals surface area contributed by atoms with E-state index in [0.717, 1.165) is 6.07 Å². The molecule has 0 saturated heterocycles. The molecule has 0 aliphatic carbocycles. The number of aromatic nitrogens is 1. The van der Waals surface area contributed by atoms with Crippen molar-refractivity contribution < 1.29 is 8.78 Å². The lowest BCUT2D eigenvalue weighted by molar-refractivity contribution is 0.146. The van der Waals surface area contributed by atoms with Crippen molar-refractivity contribution in [3.05, 3.63) is 26.6 Å². The number of nitrogens with zero attached hydrogens (tertiary/aromatic N) is 2. The Morgan fingerprint density at radius 2 is 2.29 bits per heavy atom. The van der Waals surface area contributed by atoms with E-state index in [1.807, 2.05) is 28.7 Å². The minimum Gasteiger partial charge on any atom is -0.240 e. The van der Waals surface area contributed by atoms with Crippen LogP contribution in [0.3, 0.4) is 0 Å². The zero-order chi connectivity index (χ0) is 10.7. The summed E-state index contributed by atoms with van der Waals surface area (Å²) in [5, 5.41) is 9.17. The van der Waals surface area contributed by atoms with Crippen LogP contribution in [0.4, 0.5) is 8.78 Å². The fourth-order valence-corrected chi connectivity index (χ4v) is 2.75. The maximum Gasteiger partial charge on any atom is 0.280 e. The molecule has 0 saturated carbocycles. The third kappa shape index (κ3) is 2.39. The van der Waals surface area contributed by atoms with E-state index in [4.69, 9.17) is 5.26 Å². The minimum absolute atomic E-state index is 0.247. The van der Waals surface area contributed by atoms with Crippen molar-refractivity contribution in [1.82, 2.24) is 4.98 Å². The van der Waals surface area contributed by atoms with E-state index in [9.17, 15) is 8.78 Å². The summed E-state index contributed by atoms with van der Waals surface area (Å²) >= 11 is 5.02. The van der Waals surface area contributed by atoms with E-state index in [2.05, 4.69) is 20.9 Å². The maximum atomic E-state index is 12.3. The SMILES string of the molecule is N#Cc1cc(C(F)F)nc(I)c1CBr. The molecule has 0 aliphatic rings. The first kappa shape index (κ1) is 11.8. The molecule has 0 spiro atoms. The molecule has 2 nitrogen and oxygen atoms in total. The van der Waals surface area contributed by atoms with Crippen LogP contribution in [0, 0.1) is 15.0 Å². The van der Waals surface area contributed by atoms with Crippen LogP contribution in [-0.2, 0) is 5.33 Å². The zero-order valence-corrected chi connectivity index (χ0v) is 10.5. The molecule has 0 amide bonds. The summed E-state index contributed by atoms with van der Waals surface area (Å²) in [5.74, 6) is 0. The molecular weight excluding hydrogens is 369 g/mol. The Balaban J connectivity index is 3.33. The van der Waals surface area contributed by atoms with E-state index >= 15 is 0 Å². The van der Waals surface area contributed by atoms with Gasteiger partial charge in [-0.2, -0.15) is 5.26 Å². The zero-order valence-electron chi connectivity index (χ0n) is 6.77. The highest BCUT2D eigenvalue weighted by atomic mass is 127. The highest BCUT2D eigenvalue weighted by molar-refractivity contribution is 14.1. The highest BCUT2D eigenvalue weighted by Crippen LogP contribution is 2.24. The van der Waals surface area contributed by atoms with Gasteiger partial charge in [0.25, 0.3) is 6.43 Å². The topological polar surface area (TPSA) is 36.7 Å². The lowest BCUT2D eigenvalue weighted by atomic mass is 10.1. The predicted molar refractivity (Wildman–Crippen MR) is 59.3 cm³/mol. The molecule has 0 unspecified atom stereocenters. The van der Waals surface area contributed by atoms with Crippen molar-refractivity contribution in [3.63, 3.8) is 0 Å². The highest BCUT2D eigenvalue weighted by Gasteiger charge is 2.15. The Morgan fingerprint density at radius 1 is 1.64 bits per heavy atom. The van der Waals surface area contributed by atoms with E-state index in [1.54, 1.807) is 0 Å². The summed E-state index contributed by atoms with van der Waals surface area (Å²) < 4.78 is 25.1. The second-order valence-electron chi connectivity index (χ2n) is 2.41. The number of halogens is 4. The molecular formula is C8H4BrF2IN2. The Bertz CT molecular complexity index is 390. The lowest BCUT2D eigenvalue weighted by Gasteiger charge is -2.05. The molecule has 0 fully saturated rings. The molecule has 1 heterocycles. The van der Waals surface area contributed by atoms with Gasteiger partial charge in [0.1, 0.15) is 9.39 Å². The summed E-state index contributed by atoms with van der Waals surface area (Å²) in [7, 11) is 0. The largest absolute Gasteiger partial charge is 0.280 e. The third-order valence-corrected chi connectivity index (χ3v) is 3.02. The molecule has 14 heavy (non-hydrogen) atoms. The number of nitriles is 1. The van der Waals surface area contributed by atoms with Crippen LogP contribution < -0.4 is 0 Å². The van der Waals surface area contributed by atoms with Crippen LogP contribution in [0.15, 0.2) is 6.07 Å². The average molecular weight is 373 g/mol.